The van der Waals surface area contributed by atoms with E-state index in [-0.39, 0.29) is 0 Å². The van der Waals surface area contributed by atoms with Crippen LogP contribution in [0.25, 0.3) is 0 Å². The zero-order valence-electron chi connectivity index (χ0n) is 8.02. The molecule has 0 N–H and O–H groups in total. The molecule has 0 saturated heterocycles. The molecule has 0 aliphatic heterocycles. The first-order valence-corrected chi connectivity index (χ1v) is 4.50. The molecule has 0 atom stereocenters. The molecule has 0 spiro atoms. The molecule has 1 heteroatoms. The summed E-state index contributed by atoms with van der Waals surface area (Å²) in [6.07, 6.45) is 5.86. The highest BCUT2D eigenvalue weighted by molar-refractivity contribution is 4.94. The van der Waals surface area contributed by atoms with Crippen molar-refractivity contribution >= 4 is 0 Å². The fourth-order valence-corrected chi connectivity index (χ4v) is 0.897. The Balaban J connectivity index is 3.02. The fourth-order valence-electron chi connectivity index (χ4n) is 0.897. The van der Waals surface area contributed by atoms with Crippen LogP contribution in [0.5, 0.6) is 0 Å². The smallest absolute Gasteiger partial charge is 0.0466 e. The molecule has 11 heavy (non-hydrogen) atoms. The molecule has 0 fully saturated rings. The number of hydrogen-bond acceptors (Lipinski definition) is 1. The number of ether oxygens (including phenoxy) is 1. The SMILES string of the molecule is C/C=C(\C)CCCCOCC. The lowest BCUT2D eigenvalue weighted by Crippen LogP contribution is -1.92. The van der Waals surface area contributed by atoms with E-state index in [1.54, 1.807) is 0 Å². The maximum atomic E-state index is 5.23. The van der Waals surface area contributed by atoms with Gasteiger partial charge in [0.15, 0.2) is 0 Å². The van der Waals surface area contributed by atoms with Crippen LogP contribution >= 0.6 is 0 Å². The maximum absolute atomic E-state index is 5.23. The van der Waals surface area contributed by atoms with Crippen LogP contribution in [0.1, 0.15) is 40.0 Å². The molecule has 0 aromatic rings. The Kier molecular flexibility index (Phi) is 7.59. The summed E-state index contributed by atoms with van der Waals surface area (Å²) in [6.45, 7) is 8.09. The van der Waals surface area contributed by atoms with Gasteiger partial charge in [-0.05, 0) is 40.0 Å². The Bertz CT molecular complexity index is 105. The summed E-state index contributed by atoms with van der Waals surface area (Å²) in [6, 6.07) is 0. The highest BCUT2D eigenvalue weighted by Crippen LogP contribution is 2.05. The minimum absolute atomic E-state index is 0.850. The molecular weight excluding hydrogens is 136 g/mol. The molecule has 0 unspecified atom stereocenters. The Hall–Kier alpha value is -0.300. The molecule has 0 bridgehead atoms. The molecule has 0 aromatic carbocycles. The Labute approximate surface area is 70.4 Å². The third-order valence-corrected chi connectivity index (χ3v) is 1.81. The van der Waals surface area contributed by atoms with Crippen molar-refractivity contribution in [3.8, 4) is 0 Å². The van der Waals surface area contributed by atoms with Gasteiger partial charge in [0.1, 0.15) is 0 Å². The molecular formula is C10H20O. The Morgan fingerprint density at radius 3 is 2.64 bits per heavy atom. The zero-order valence-corrected chi connectivity index (χ0v) is 8.02. The van der Waals surface area contributed by atoms with Crippen molar-refractivity contribution in [2.75, 3.05) is 13.2 Å². The molecule has 0 heterocycles. The second kappa shape index (κ2) is 7.80. The van der Waals surface area contributed by atoms with Gasteiger partial charge >= 0.3 is 0 Å². The van der Waals surface area contributed by atoms with Gasteiger partial charge in [-0.3, -0.25) is 0 Å². The normalized spacial score (nSPS) is 12.1. The molecule has 0 aromatic heterocycles. The Morgan fingerprint density at radius 2 is 2.09 bits per heavy atom. The third-order valence-electron chi connectivity index (χ3n) is 1.81. The molecule has 0 saturated carbocycles. The van der Waals surface area contributed by atoms with Crippen molar-refractivity contribution in [3.05, 3.63) is 11.6 Å². The van der Waals surface area contributed by atoms with Crippen LogP contribution in [-0.4, -0.2) is 13.2 Å². The van der Waals surface area contributed by atoms with Gasteiger partial charge in [0.2, 0.25) is 0 Å². The van der Waals surface area contributed by atoms with Gasteiger partial charge in [-0.25, -0.2) is 0 Å². The number of hydrogen-bond donors (Lipinski definition) is 0. The van der Waals surface area contributed by atoms with Gasteiger partial charge in [0.05, 0.1) is 0 Å². The first-order chi connectivity index (χ1) is 5.31. The van der Waals surface area contributed by atoms with Crippen LogP contribution in [0.4, 0.5) is 0 Å². The van der Waals surface area contributed by atoms with E-state index in [1.807, 2.05) is 6.92 Å². The van der Waals surface area contributed by atoms with Crippen molar-refractivity contribution < 1.29 is 4.74 Å². The highest BCUT2D eigenvalue weighted by Gasteiger charge is 1.89. The minimum atomic E-state index is 0.850. The van der Waals surface area contributed by atoms with Crippen molar-refractivity contribution in [2.45, 2.75) is 40.0 Å². The van der Waals surface area contributed by atoms with E-state index >= 15 is 0 Å². The summed E-state index contributed by atoms with van der Waals surface area (Å²) < 4.78 is 5.23. The average molecular weight is 156 g/mol. The van der Waals surface area contributed by atoms with E-state index in [2.05, 4.69) is 19.9 Å². The topological polar surface area (TPSA) is 9.23 Å². The van der Waals surface area contributed by atoms with Gasteiger partial charge in [-0.1, -0.05) is 11.6 Å². The zero-order chi connectivity index (χ0) is 8.53. The summed E-state index contributed by atoms with van der Waals surface area (Å²) >= 11 is 0. The lowest BCUT2D eigenvalue weighted by atomic mass is 10.1. The lowest BCUT2D eigenvalue weighted by molar-refractivity contribution is 0.143. The maximum Gasteiger partial charge on any atom is 0.0466 e. The van der Waals surface area contributed by atoms with Crippen molar-refractivity contribution in [3.63, 3.8) is 0 Å². The van der Waals surface area contributed by atoms with E-state index < -0.39 is 0 Å². The van der Waals surface area contributed by atoms with Crippen LogP contribution in [0.15, 0.2) is 11.6 Å². The van der Waals surface area contributed by atoms with E-state index in [1.165, 1.54) is 24.8 Å². The van der Waals surface area contributed by atoms with Crippen molar-refractivity contribution in [1.29, 1.82) is 0 Å². The van der Waals surface area contributed by atoms with Gasteiger partial charge in [0.25, 0.3) is 0 Å². The molecule has 0 aliphatic rings. The Morgan fingerprint density at radius 1 is 1.36 bits per heavy atom. The molecule has 0 rings (SSSR count). The number of rotatable bonds is 6. The predicted molar refractivity (Wildman–Crippen MR) is 49.8 cm³/mol. The van der Waals surface area contributed by atoms with Crippen LogP contribution in [0.2, 0.25) is 0 Å². The van der Waals surface area contributed by atoms with E-state index in [0.717, 1.165) is 13.2 Å². The predicted octanol–water partition coefficient (Wildman–Crippen LogP) is 3.16. The van der Waals surface area contributed by atoms with Gasteiger partial charge in [0, 0.05) is 13.2 Å². The summed E-state index contributed by atoms with van der Waals surface area (Å²) in [5.41, 5.74) is 1.49. The van der Waals surface area contributed by atoms with E-state index in [4.69, 9.17) is 4.74 Å². The molecule has 1 nitrogen and oxygen atoms in total. The van der Waals surface area contributed by atoms with Crippen LogP contribution in [-0.2, 0) is 4.74 Å². The van der Waals surface area contributed by atoms with Gasteiger partial charge in [-0.2, -0.15) is 0 Å². The standard InChI is InChI=1S/C10H20O/c1-4-10(3)8-6-7-9-11-5-2/h4H,5-9H2,1-3H3/b10-4+. The molecule has 0 radical (unpaired) electrons. The second-order valence-electron chi connectivity index (χ2n) is 2.79. The summed E-state index contributed by atoms with van der Waals surface area (Å²) in [4.78, 5) is 0. The highest BCUT2D eigenvalue weighted by atomic mass is 16.5. The molecule has 66 valence electrons. The van der Waals surface area contributed by atoms with Crippen LogP contribution in [0, 0.1) is 0 Å². The monoisotopic (exact) mass is 156 g/mol. The van der Waals surface area contributed by atoms with Gasteiger partial charge in [-0.15, -0.1) is 0 Å². The van der Waals surface area contributed by atoms with E-state index in [9.17, 15) is 0 Å². The number of allylic oxidation sites excluding steroid dienone is 2. The summed E-state index contributed by atoms with van der Waals surface area (Å²) in [5.74, 6) is 0. The molecule has 0 aliphatic carbocycles. The molecule has 0 amide bonds. The summed E-state index contributed by atoms with van der Waals surface area (Å²) in [7, 11) is 0. The first-order valence-electron chi connectivity index (χ1n) is 4.50. The summed E-state index contributed by atoms with van der Waals surface area (Å²) in [5, 5.41) is 0. The van der Waals surface area contributed by atoms with Gasteiger partial charge < -0.3 is 4.74 Å². The lowest BCUT2D eigenvalue weighted by Gasteiger charge is -2.01. The first kappa shape index (κ1) is 10.7. The van der Waals surface area contributed by atoms with Crippen LogP contribution < -0.4 is 0 Å². The third kappa shape index (κ3) is 7.60. The van der Waals surface area contributed by atoms with Crippen LogP contribution in [0.3, 0.4) is 0 Å². The fraction of sp³-hybridized carbons (Fsp3) is 0.800. The second-order valence-corrected chi connectivity index (χ2v) is 2.79. The van der Waals surface area contributed by atoms with E-state index in [0.29, 0.717) is 0 Å². The van der Waals surface area contributed by atoms with Crippen molar-refractivity contribution in [1.82, 2.24) is 0 Å². The number of unbranched alkanes of at least 4 members (excludes halogenated alkanes) is 1. The average Bonchev–Trinajstić information content (AvgIpc) is 2.04. The quantitative estimate of drug-likeness (QED) is 0.424. The minimum Gasteiger partial charge on any atom is -0.382 e. The van der Waals surface area contributed by atoms with Crippen molar-refractivity contribution in [2.24, 2.45) is 0 Å². The largest absolute Gasteiger partial charge is 0.382 e.